The number of hydrogen-bond acceptors (Lipinski definition) is 0. The minimum absolute atomic E-state index is 0. The van der Waals surface area contributed by atoms with Crippen LogP contribution >= 0.6 is 0 Å². The molecule has 0 saturated heterocycles. The van der Waals surface area contributed by atoms with Gasteiger partial charge in [-0.05, 0) is 5.39 Å². The molecule has 44 heavy (non-hydrogen) atoms. The third-order valence-corrected chi connectivity index (χ3v) is 8.81. The van der Waals surface area contributed by atoms with Gasteiger partial charge in [-0.1, -0.05) is 77.7 Å². The van der Waals surface area contributed by atoms with E-state index in [-0.39, 0.29) is 24.8 Å². The van der Waals surface area contributed by atoms with Crippen LogP contribution in [0, 0.1) is 0 Å². The molecular formula is C41H30Cl2Zr-2. The SMILES string of the molecule is [Cl-].[Cl-].[Zr+2]=[C](c1ccccc1)c1ccccc1.c1ccc2c(c1)[cH-]c1ccccc12.c1ccc2cc(-[c-]3cccc3)ccc2c1. The Hall–Kier alpha value is -3.87. The van der Waals surface area contributed by atoms with E-state index in [1.807, 2.05) is 0 Å². The van der Waals surface area contributed by atoms with Gasteiger partial charge in [-0.15, -0.1) is 69.6 Å². The van der Waals surface area contributed by atoms with Crippen molar-refractivity contribution in [1.29, 1.82) is 0 Å². The van der Waals surface area contributed by atoms with Gasteiger partial charge in [-0.25, -0.2) is 0 Å². The summed E-state index contributed by atoms with van der Waals surface area (Å²) in [6.07, 6.45) is 0. The summed E-state index contributed by atoms with van der Waals surface area (Å²) in [4.78, 5) is 0. The van der Waals surface area contributed by atoms with Gasteiger partial charge in [0.2, 0.25) is 0 Å². The number of hydrogen-bond donors (Lipinski definition) is 0. The predicted octanol–water partition coefficient (Wildman–Crippen LogP) is 4.75. The van der Waals surface area contributed by atoms with Gasteiger partial charge in [0.1, 0.15) is 0 Å². The van der Waals surface area contributed by atoms with E-state index in [9.17, 15) is 0 Å². The molecule has 0 heterocycles. The number of fused-ring (bicyclic) bond motifs is 4. The van der Waals surface area contributed by atoms with Gasteiger partial charge in [0.25, 0.3) is 0 Å². The summed E-state index contributed by atoms with van der Waals surface area (Å²) < 4.78 is 1.42. The molecule has 0 amide bonds. The fourth-order valence-corrected chi connectivity index (χ4v) is 6.03. The second-order valence-electron chi connectivity index (χ2n) is 10.2. The minimum atomic E-state index is 0. The van der Waals surface area contributed by atoms with Crippen molar-refractivity contribution < 1.29 is 49.0 Å². The summed E-state index contributed by atoms with van der Waals surface area (Å²) in [7, 11) is 0. The quantitative estimate of drug-likeness (QED) is 0.236. The molecular weight excluding hydrogens is 655 g/mol. The molecule has 0 aliphatic rings. The maximum absolute atomic E-state index is 2.24. The second-order valence-corrected chi connectivity index (χ2v) is 11.4. The molecule has 0 aliphatic heterocycles. The van der Waals surface area contributed by atoms with Crippen molar-refractivity contribution in [2.45, 2.75) is 0 Å². The van der Waals surface area contributed by atoms with Crippen LogP contribution in [0.15, 0.2) is 182 Å². The molecule has 0 fully saturated rings. The van der Waals surface area contributed by atoms with Crippen LogP contribution in [0.3, 0.4) is 0 Å². The third-order valence-electron chi connectivity index (χ3n) is 7.39. The van der Waals surface area contributed by atoms with Gasteiger partial charge in [0, 0.05) is 0 Å². The Morgan fingerprint density at radius 1 is 0.455 bits per heavy atom. The fourth-order valence-electron chi connectivity index (χ4n) is 5.22. The molecule has 0 radical (unpaired) electrons. The molecule has 8 aromatic rings. The summed E-state index contributed by atoms with van der Waals surface area (Å²) in [6.45, 7) is 0. The molecule has 0 aromatic heterocycles. The van der Waals surface area contributed by atoms with E-state index in [2.05, 4.69) is 182 Å². The van der Waals surface area contributed by atoms with E-state index in [1.54, 1.807) is 0 Å². The summed E-state index contributed by atoms with van der Waals surface area (Å²) >= 11 is 1.46. The molecule has 0 N–H and O–H groups in total. The van der Waals surface area contributed by atoms with Crippen molar-refractivity contribution in [1.82, 2.24) is 0 Å². The fraction of sp³-hybridized carbons (Fsp3) is 0. The van der Waals surface area contributed by atoms with Crippen LogP contribution in [-0.4, -0.2) is 3.21 Å². The first-order valence-corrected chi connectivity index (χ1v) is 15.4. The topological polar surface area (TPSA) is 0 Å². The van der Waals surface area contributed by atoms with Crippen LogP contribution in [-0.2, 0) is 24.2 Å². The maximum atomic E-state index is 2.24. The summed E-state index contributed by atoms with van der Waals surface area (Å²) in [5.74, 6) is 0. The Kier molecular flexibility index (Phi) is 12.2. The summed E-state index contributed by atoms with van der Waals surface area (Å²) in [5.41, 5.74) is 5.24. The standard InChI is InChI=1S/C15H11.C13H9.C13H10.2ClH.Zr/c1-2-6-12(5-1)15-10-9-13-7-3-4-8-14(13)11-15;1-3-7-12-10(5-1)9-11-6-2-4-8-13(11)12;1-3-7-12(8-4-1)11-13-9-5-2-6-10-13;;;/h1-11H;1-9H;1-10H;2*1H;/q2*-1;;;;+2/p-2. The van der Waals surface area contributed by atoms with E-state index >= 15 is 0 Å². The zero-order valence-electron chi connectivity index (χ0n) is 24.1. The Balaban J connectivity index is 0.000000148. The Bertz CT molecular complexity index is 1950. The van der Waals surface area contributed by atoms with E-state index < -0.39 is 0 Å². The molecule has 0 bridgehead atoms. The first-order chi connectivity index (χ1) is 20.8. The molecule has 0 aliphatic carbocycles. The summed E-state index contributed by atoms with van der Waals surface area (Å²) in [6, 6.07) is 63.9. The number of rotatable bonds is 3. The van der Waals surface area contributed by atoms with Gasteiger partial charge in [-0.3, -0.25) is 0 Å². The van der Waals surface area contributed by atoms with E-state index in [1.165, 1.54) is 82.0 Å². The van der Waals surface area contributed by atoms with Gasteiger partial charge in [-0.2, -0.15) is 12.1 Å². The zero-order chi connectivity index (χ0) is 28.6. The van der Waals surface area contributed by atoms with Crippen LogP contribution < -0.4 is 24.8 Å². The van der Waals surface area contributed by atoms with E-state index in [0.717, 1.165) is 0 Å². The molecule has 8 aromatic carbocycles. The van der Waals surface area contributed by atoms with Gasteiger partial charge < -0.3 is 24.8 Å². The Morgan fingerprint density at radius 2 is 0.909 bits per heavy atom. The first kappa shape index (κ1) is 33.0. The smallest absolute Gasteiger partial charge is 0.0333 e. The Morgan fingerprint density at radius 3 is 1.45 bits per heavy atom. The van der Waals surface area contributed by atoms with Gasteiger partial charge in [0.05, 0.1) is 0 Å². The molecule has 3 heteroatoms. The van der Waals surface area contributed by atoms with Crippen molar-refractivity contribution in [2.75, 3.05) is 0 Å². The predicted molar refractivity (Wildman–Crippen MR) is 178 cm³/mol. The van der Waals surface area contributed by atoms with E-state index in [0.29, 0.717) is 0 Å². The molecule has 214 valence electrons. The molecule has 0 spiro atoms. The third kappa shape index (κ3) is 7.99. The van der Waals surface area contributed by atoms with Crippen LogP contribution in [0.4, 0.5) is 0 Å². The van der Waals surface area contributed by atoms with Gasteiger partial charge >= 0.3 is 99.2 Å². The molecule has 0 unspecified atom stereocenters. The summed E-state index contributed by atoms with van der Waals surface area (Å²) in [5, 5.41) is 7.99. The molecule has 0 saturated carbocycles. The largest absolute Gasteiger partial charge is 0.152 e. The normalized spacial score (nSPS) is 10.0. The maximum Gasteiger partial charge on any atom is -0.0333 e. The second kappa shape index (κ2) is 16.3. The monoisotopic (exact) mass is 682 g/mol. The zero-order valence-corrected chi connectivity index (χ0v) is 28.0. The Labute approximate surface area is 286 Å². The van der Waals surface area contributed by atoms with Crippen LogP contribution in [0.2, 0.25) is 0 Å². The van der Waals surface area contributed by atoms with Crippen LogP contribution in [0.5, 0.6) is 0 Å². The van der Waals surface area contributed by atoms with Crippen molar-refractivity contribution in [2.24, 2.45) is 0 Å². The van der Waals surface area contributed by atoms with E-state index in [4.69, 9.17) is 0 Å². The average molecular weight is 685 g/mol. The molecule has 8 rings (SSSR count). The van der Waals surface area contributed by atoms with Crippen molar-refractivity contribution in [3.05, 3.63) is 193 Å². The van der Waals surface area contributed by atoms with Crippen LogP contribution in [0.25, 0.3) is 43.4 Å². The minimum Gasteiger partial charge on any atom is -0.152 e. The number of benzene rings is 6. The van der Waals surface area contributed by atoms with Crippen molar-refractivity contribution in [3.8, 4) is 11.1 Å². The van der Waals surface area contributed by atoms with Crippen LogP contribution in [0.1, 0.15) is 11.1 Å². The number of halogens is 2. The van der Waals surface area contributed by atoms with Crippen molar-refractivity contribution in [3.63, 3.8) is 0 Å². The van der Waals surface area contributed by atoms with Gasteiger partial charge in [0.15, 0.2) is 0 Å². The average Bonchev–Trinajstić information content (AvgIpc) is 3.75. The molecule has 0 atom stereocenters. The van der Waals surface area contributed by atoms with Crippen molar-refractivity contribution >= 4 is 35.5 Å². The first-order valence-electron chi connectivity index (χ1n) is 14.2. The molecule has 0 nitrogen and oxygen atoms in total.